The van der Waals surface area contributed by atoms with E-state index in [2.05, 4.69) is 0 Å². The van der Waals surface area contributed by atoms with Crippen LogP contribution in [-0.4, -0.2) is 16.9 Å². The number of ketones is 1. The summed E-state index contributed by atoms with van der Waals surface area (Å²) < 4.78 is 0. The van der Waals surface area contributed by atoms with Crippen LogP contribution in [0.5, 0.6) is 0 Å². The lowest BCUT2D eigenvalue weighted by atomic mass is 9.98. The van der Waals surface area contributed by atoms with Gasteiger partial charge in [-0.25, -0.2) is 0 Å². The maximum absolute atomic E-state index is 11.2. The van der Waals surface area contributed by atoms with Gasteiger partial charge in [-0.1, -0.05) is 0 Å². The molecule has 0 aromatic rings. The maximum Gasteiger partial charge on any atom is 0.307 e. The van der Waals surface area contributed by atoms with Crippen LogP contribution in [0.1, 0.15) is 6.42 Å². The van der Waals surface area contributed by atoms with Gasteiger partial charge in [0.15, 0.2) is 0 Å². The van der Waals surface area contributed by atoms with E-state index in [0.29, 0.717) is 5.92 Å². The number of Topliss-reactive ketones (excluding diaryl/α,β-unsaturated/α-hetero) is 1. The summed E-state index contributed by atoms with van der Waals surface area (Å²) in [5, 5.41) is 8.77. The number of carboxylic acid groups (broad SMARTS) is 1. The lowest BCUT2D eigenvalue weighted by molar-refractivity contribution is -0.144. The molecule has 0 radical (unpaired) electrons. The number of hydrogen-bond acceptors (Lipinski definition) is 2. The third kappa shape index (κ3) is 0.424. The number of hydrogen-bond donors (Lipinski definition) is 1. The molecule has 1 N–H and O–H groups in total. The Morgan fingerprint density at radius 2 is 2.27 bits per heavy atom. The van der Waals surface area contributed by atoms with E-state index >= 15 is 0 Å². The molecule has 3 nitrogen and oxygen atoms in total. The second kappa shape index (κ2) is 1.36. The molecule has 2 unspecified atom stereocenters. The van der Waals surface area contributed by atoms with E-state index in [9.17, 15) is 9.59 Å². The molecular formula is C8H8O3. The normalized spacial score (nSPS) is 56.7. The van der Waals surface area contributed by atoms with Crippen molar-refractivity contribution >= 4 is 11.8 Å². The second-order valence-corrected chi connectivity index (χ2v) is 3.88. The summed E-state index contributed by atoms with van der Waals surface area (Å²) in [7, 11) is 0. The second-order valence-electron chi connectivity index (χ2n) is 3.88. The Balaban J connectivity index is 2.03. The fraction of sp³-hybridized carbons (Fsp3) is 0.750. The van der Waals surface area contributed by atoms with Gasteiger partial charge in [-0.05, 0) is 18.3 Å². The van der Waals surface area contributed by atoms with E-state index in [1.165, 1.54) is 0 Å². The van der Waals surface area contributed by atoms with Crippen molar-refractivity contribution < 1.29 is 14.7 Å². The third-order valence-electron chi connectivity index (χ3n) is 3.58. The molecule has 0 spiro atoms. The molecule has 4 saturated carbocycles. The van der Waals surface area contributed by atoms with Gasteiger partial charge in [0.05, 0.1) is 5.92 Å². The molecular weight excluding hydrogens is 144 g/mol. The number of carboxylic acids is 1. The summed E-state index contributed by atoms with van der Waals surface area (Å²) in [6.45, 7) is 0. The first kappa shape index (κ1) is 5.75. The average Bonchev–Trinajstić information content (AvgIpc) is 2.33. The Kier molecular flexibility index (Phi) is 0.708. The molecule has 4 aliphatic carbocycles. The highest BCUT2D eigenvalue weighted by Gasteiger charge is 2.75. The van der Waals surface area contributed by atoms with Crippen LogP contribution >= 0.6 is 0 Å². The van der Waals surface area contributed by atoms with Gasteiger partial charge in [-0.2, -0.15) is 0 Å². The Bertz CT molecular complexity index is 271. The topological polar surface area (TPSA) is 54.4 Å². The van der Waals surface area contributed by atoms with Crippen molar-refractivity contribution in [2.24, 2.45) is 29.6 Å². The molecule has 0 aromatic carbocycles. The molecule has 58 valence electrons. The molecule has 4 aliphatic rings. The van der Waals surface area contributed by atoms with E-state index < -0.39 is 5.97 Å². The average molecular weight is 152 g/mol. The fourth-order valence-electron chi connectivity index (χ4n) is 3.18. The van der Waals surface area contributed by atoms with E-state index in [4.69, 9.17) is 5.11 Å². The zero-order chi connectivity index (χ0) is 7.75. The van der Waals surface area contributed by atoms with Crippen LogP contribution in [-0.2, 0) is 9.59 Å². The summed E-state index contributed by atoms with van der Waals surface area (Å²) in [6.07, 6.45) is 0.866. The number of aliphatic carboxylic acids is 1. The van der Waals surface area contributed by atoms with Crippen LogP contribution in [0.25, 0.3) is 0 Å². The van der Waals surface area contributed by atoms with E-state index in [1.54, 1.807) is 0 Å². The van der Waals surface area contributed by atoms with Crippen molar-refractivity contribution in [1.29, 1.82) is 0 Å². The zero-order valence-corrected chi connectivity index (χ0v) is 5.86. The third-order valence-corrected chi connectivity index (χ3v) is 3.58. The predicted molar refractivity (Wildman–Crippen MR) is 34.7 cm³/mol. The van der Waals surface area contributed by atoms with E-state index in [1.807, 2.05) is 0 Å². The summed E-state index contributed by atoms with van der Waals surface area (Å²) in [6, 6.07) is 0. The molecule has 0 saturated heterocycles. The minimum Gasteiger partial charge on any atom is -0.481 e. The minimum atomic E-state index is -0.754. The van der Waals surface area contributed by atoms with Crippen LogP contribution < -0.4 is 0 Å². The minimum absolute atomic E-state index is 0.104. The lowest BCUT2D eigenvalue weighted by Crippen LogP contribution is -2.19. The van der Waals surface area contributed by atoms with Gasteiger partial charge in [0, 0.05) is 11.8 Å². The van der Waals surface area contributed by atoms with Crippen LogP contribution in [0.2, 0.25) is 0 Å². The number of rotatable bonds is 1. The van der Waals surface area contributed by atoms with Gasteiger partial charge in [0.1, 0.15) is 5.78 Å². The first-order valence-corrected chi connectivity index (χ1v) is 3.98. The first-order valence-electron chi connectivity index (χ1n) is 3.98. The van der Waals surface area contributed by atoms with Gasteiger partial charge in [-0.15, -0.1) is 0 Å². The monoisotopic (exact) mass is 152 g/mol. The summed E-state index contributed by atoms with van der Waals surface area (Å²) >= 11 is 0. The molecule has 4 bridgehead atoms. The largest absolute Gasteiger partial charge is 0.481 e. The highest BCUT2D eigenvalue weighted by molar-refractivity contribution is 5.98. The molecule has 4 fully saturated rings. The number of carbonyl (C=O) groups excluding carboxylic acids is 1. The van der Waals surface area contributed by atoms with Crippen LogP contribution in [0.15, 0.2) is 0 Å². The van der Waals surface area contributed by atoms with Crippen molar-refractivity contribution in [1.82, 2.24) is 0 Å². The van der Waals surface area contributed by atoms with E-state index in [-0.39, 0.29) is 29.5 Å². The van der Waals surface area contributed by atoms with E-state index in [0.717, 1.165) is 6.42 Å². The van der Waals surface area contributed by atoms with Crippen LogP contribution in [0.4, 0.5) is 0 Å². The maximum atomic E-state index is 11.2. The quantitative estimate of drug-likeness (QED) is 0.582. The molecule has 0 amide bonds. The molecule has 0 aliphatic heterocycles. The Hall–Kier alpha value is -0.860. The molecule has 3 heteroatoms. The summed E-state index contributed by atoms with van der Waals surface area (Å²) in [4.78, 5) is 21.9. The number of carbonyl (C=O) groups is 2. The molecule has 0 heterocycles. The standard InChI is InChI=1S/C8H8O3/c9-7-3-1-2-4(5(2)7)6(3)8(10)11/h2-6H,1H2,(H,10,11)/t2-,3+,4?,5?,6-/m0/s1. The van der Waals surface area contributed by atoms with Crippen molar-refractivity contribution in [3.8, 4) is 0 Å². The van der Waals surface area contributed by atoms with Crippen molar-refractivity contribution in [3.05, 3.63) is 0 Å². The van der Waals surface area contributed by atoms with Crippen molar-refractivity contribution in [2.45, 2.75) is 6.42 Å². The van der Waals surface area contributed by atoms with Gasteiger partial charge >= 0.3 is 5.97 Å². The summed E-state index contributed by atoms with van der Waals surface area (Å²) in [5.74, 6) is -0.0482. The molecule has 0 aromatic heterocycles. The van der Waals surface area contributed by atoms with Crippen LogP contribution in [0.3, 0.4) is 0 Å². The smallest absolute Gasteiger partial charge is 0.307 e. The molecule has 11 heavy (non-hydrogen) atoms. The van der Waals surface area contributed by atoms with Gasteiger partial charge in [0.25, 0.3) is 0 Å². The fourth-order valence-corrected chi connectivity index (χ4v) is 3.18. The molecule has 5 atom stereocenters. The molecule has 4 rings (SSSR count). The Labute approximate surface area is 63.4 Å². The predicted octanol–water partition coefficient (Wildman–Crippen LogP) is 0.152. The Morgan fingerprint density at radius 1 is 1.55 bits per heavy atom. The summed E-state index contributed by atoms with van der Waals surface area (Å²) in [5.41, 5.74) is 0. The van der Waals surface area contributed by atoms with Crippen molar-refractivity contribution in [3.63, 3.8) is 0 Å². The van der Waals surface area contributed by atoms with Gasteiger partial charge in [-0.3, -0.25) is 9.59 Å². The SMILES string of the molecule is O=C(O)[C@@H]1C2C3C(=O)[C@@H]1C[C@H]32. The lowest BCUT2D eigenvalue weighted by Gasteiger charge is -2.05. The Morgan fingerprint density at radius 3 is 2.45 bits per heavy atom. The first-order chi connectivity index (χ1) is 5.22. The highest BCUT2D eigenvalue weighted by Crippen LogP contribution is 2.71. The van der Waals surface area contributed by atoms with Gasteiger partial charge in [0.2, 0.25) is 0 Å². The van der Waals surface area contributed by atoms with Crippen molar-refractivity contribution in [2.75, 3.05) is 0 Å². The highest BCUT2D eigenvalue weighted by atomic mass is 16.4. The van der Waals surface area contributed by atoms with Gasteiger partial charge < -0.3 is 5.11 Å². The zero-order valence-electron chi connectivity index (χ0n) is 5.86. The van der Waals surface area contributed by atoms with Crippen LogP contribution in [0, 0.1) is 29.6 Å².